The molecular weight excluding hydrogens is 852 g/mol. The third kappa shape index (κ3) is 7.13. The summed E-state index contributed by atoms with van der Waals surface area (Å²) >= 11 is 1.39. The van der Waals surface area contributed by atoms with Crippen molar-refractivity contribution in [2.45, 2.75) is 69.3 Å². The number of nitrogens with one attached hydrogen (secondary N) is 2. The normalized spacial score (nSPS) is 20.2. The highest BCUT2D eigenvalue weighted by atomic mass is 32.1. The first-order chi connectivity index (χ1) is 30.0. The lowest BCUT2D eigenvalue weighted by molar-refractivity contribution is -0.143. The largest absolute Gasteiger partial charge is 0.435 e. The molecule has 2 fully saturated rings. The Labute approximate surface area is 359 Å². The lowest BCUT2D eigenvalue weighted by atomic mass is 9.92. The Hall–Kier alpha value is -6.11. The van der Waals surface area contributed by atoms with Crippen LogP contribution in [0.2, 0.25) is 0 Å². The fraction of sp³-hybridized carbons (Fsp3) is 0.364. The first-order valence-electron chi connectivity index (χ1n) is 20.5. The van der Waals surface area contributed by atoms with Gasteiger partial charge in [-0.05, 0) is 78.3 Å². The molecular formula is C44H38F7N9O2S. The molecule has 2 aliphatic carbocycles. The molecule has 63 heavy (non-hydrogen) atoms. The van der Waals surface area contributed by atoms with Crippen molar-refractivity contribution in [2.24, 2.45) is 5.92 Å². The van der Waals surface area contributed by atoms with Crippen LogP contribution in [0.3, 0.4) is 0 Å². The summed E-state index contributed by atoms with van der Waals surface area (Å²) in [5.41, 5.74) is 0.278. The predicted octanol–water partition coefficient (Wildman–Crippen LogP) is 8.25. The van der Waals surface area contributed by atoms with Gasteiger partial charge in [-0.3, -0.25) is 19.3 Å². The molecule has 11 nitrogen and oxygen atoms in total. The molecule has 2 amide bonds. The Kier molecular flexibility index (Phi) is 9.58. The van der Waals surface area contributed by atoms with Gasteiger partial charge in [-0.2, -0.15) is 32.0 Å². The number of benzene rings is 2. The number of rotatable bonds is 9. The molecule has 1 saturated heterocycles. The fourth-order valence-electron chi connectivity index (χ4n) is 9.32. The van der Waals surface area contributed by atoms with Gasteiger partial charge >= 0.3 is 6.18 Å². The van der Waals surface area contributed by atoms with Gasteiger partial charge in [0.2, 0.25) is 5.91 Å². The number of piperazine rings is 1. The number of hydrogen-bond donors (Lipinski definition) is 2. The molecule has 326 valence electrons. The smallest absolute Gasteiger partial charge is 0.368 e. The monoisotopic (exact) mass is 889 g/mol. The third-order valence-electron chi connectivity index (χ3n) is 12.8. The number of thiazole rings is 1. The fourth-order valence-corrected chi connectivity index (χ4v) is 10.3. The molecule has 1 spiro atoms. The highest BCUT2D eigenvalue weighted by Gasteiger charge is 2.58. The van der Waals surface area contributed by atoms with Crippen molar-refractivity contribution in [1.29, 1.82) is 0 Å². The number of aromatic nitrogens is 5. The van der Waals surface area contributed by atoms with E-state index in [0.717, 1.165) is 43.1 Å². The number of amides is 2. The van der Waals surface area contributed by atoms with Crippen LogP contribution >= 0.6 is 11.3 Å². The molecule has 2 aliphatic heterocycles. The van der Waals surface area contributed by atoms with E-state index < -0.39 is 76.6 Å². The van der Waals surface area contributed by atoms with Crippen LogP contribution in [0.15, 0.2) is 67.0 Å². The van der Waals surface area contributed by atoms with Crippen LogP contribution in [-0.4, -0.2) is 62.7 Å². The summed E-state index contributed by atoms with van der Waals surface area (Å²) in [7, 11) is 0. The summed E-state index contributed by atoms with van der Waals surface area (Å²) < 4.78 is 105. The van der Waals surface area contributed by atoms with Gasteiger partial charge < -0.3 is 20.4 Å². The number of halogens is 7. The van der Waals surface area contributed by atoms with Gasteiger partial charge in [0.15, 0.2) is 16.5 Å². The number of pyridine rings is 2. The third-order valence-corrected chi connectivity index (χ3v) is 13.9. The maximum atomic E-state index is 15.7. The van der Waals surface area contributed by atoms with Gasteiger partial charge in [-0.1, -0.05) is 37.3 Å². The van der Waals surface area contributed by atoms with E-state index in [1.807, 2.05) is 30.3 Å². The highest BCUT2D eigenvalue weighted by molar-refractivity contribution is 7.22. The lowest BCUT2D eigenvalue weighted by Gasteiger charge is -2.35. The summed E-state index contributed by atoms with van der Waals surface area (Å²) in [6.07, 6.45) is -0.319. The topological polar surface area (TPSA) is 121 Å². The zero-order valence-electron chi connectivity index (χ0n) is 33.7. The van der Waals surface area contributed by atoms with Crippen LogP contribution in [-0.2, 0) is 35.4 Å². The van der Waals surface area contributed by atoms with Crippen molar-refractivity contribution >= 4 is 44.3 Å². The average Bonchev–Trinajstić information content (AvgIpc) is 3.50. The van der Waals surface area contributed by atoms with E-state index in [0.29, 0.717) is 63.4 Å². The molecule has 0 unspecified atom stereocenters. The Bertz CT molecular complexity index is 2800. The van der Waals surface area contributed by atoms with Gasteiger partial charge in [-0.15, -0.1) is 0 Å². The van der Waals surface area contributed by atoms with E-state index in [-0.39, 0.29) is 29.2 Å². The summed E-state index contributed by atoms with van der Waals surface area (Å²) in [6.45, 7) is 4.05. The quantitative estimate of drug-likeness (QED) is 0.139. The van der Waals surface area contributed by atoms with Crippen LogP contribution in [0.1, 0.15) is 82.8 Å². The predicted molar refractivity (Wildman–Crippen MR) is 220 cm³/mol. The minimum Gasteiger partial charge on any atom is -0.368 e. The molecule has 10 rings (SSSR count). The Morgan fingerprint density at radius 1 is 0.937 bits per heavy atom. The molecule has 2 N–H and O–H groups in total. The first-order valence-corrected chi connectivity index (χ1v) is 21.3. The Morgan fingerprint density at radius 2 is 1.63 bits per heavy atom. The van der Waals surface area contributed by atoms with Gasteiger partial charge in [0.05, 0.1) is 22.0 Å². The molecule has 6 heterocycles. The summed E-state index contributed by atoms with van der Waals surface area (Å²) in [6, 6.07) is 12.7. The molecule has 6 aromatic rings. The average molecular weight is 890 g/mol. The van der Waals surface area contributed by atoms with Gasteiger partial charge in [0.1, 0.15) is 23.9 Å². The van der Waals surface area contributed by atoms with Crippen LogP contribution in [0, 0.1) is 17.6 Å². The SMILES string of the molecule is C[C@@H]1c2c(C(F)(F)F)nn(CC(=O)N[C@@H](Cc3cc(F)cc(F)c3)c3nc4nc(N5CCN(c6ccncc6)CC5)sc4cc3-c3ccc4c(c3)C(=O)NC43CC3)c2C(F)(F)[C@@H]1C. The number of hydrogen-bond acceptors (Lipinski definition) is 9. The van der Waals surface area contributed by atoms with Gasteiger partial charge in [0, 0.05) is 72.9 Å². The second-order valence-electron chi connectivity index (χ2n) is 16.8. The number of carbonyl (C=O) groups excluding carboxylic acids is 2. The van der Waals surface area contributed by atoms with Crippen LogP contribution in [0.4, 0.5) is 41.6 Å². The lowest BCUT2D eigenvalue weighted by Crippen LogP contribution is -2.46. The molecule has 4 aliphatic rings. The zero-order valence-corrected chi connectivity index (χ0v) is 34.6. The minimum absolute atomic E-state index is 0.0919. The van der Waals surface area contributed by atoms with E-state index >= 15 is 8.78 Å². The van der Waals surface area contributed by atoms with Crippen molar-refractivity contribution < 1.29 is 40.3 Å². The van der Waals surface area contributed by atoms with Crippen molar-refractivity contribution in [2.75, 3.05) is 36.0 Å². The maximum Gasteiger partial charge on any atom is 0.435 e. The Morgan fingerprint density at radius 3 is 2.32 bits per heavy atom. The molecule has 4 aromatic heterocycles. The molecule has 3 atom stereocenters. The molecule has 19 heteroatoms. The van der Waals surface area contributed by atoms with Crippen molar-refractivity contribution in [3.63, 3.8) is 0 Å². The summed E-state index contributed by atoms with van der Waals surface area (Å²) in [5, 5.41) is 10.0. The molecule has 0 bridgehead atoms. The van der Waals surface area contributed by atoms with E-state index in [1.54, 1.807) is 18.5 Å². The minimum atomic E-state index is -5.08. The van der Waals surface area contributed by atoms with E-state index in [2.05, 4.69) is 30.5 Å². The van der Waals surface area contributed by atoms with E-state index in [9.17, 15) is 31.5 Å². The second kappa shape index (κ2) is 14.7. The standard InChI is InChI=1S/C44H38F7N9O2S/c1-22-23(2)43(47,48)38-35(22)37(44(49,50)51)57-60(38)21-34(61)53-32(17-24-15-26(45)19-27(46)16-24)36-29(25-3-4-31-30(18-25)40(62)56-42(31)7-8-42)20-33-39(54-36)55-41(63-33)59-13-11-58(12-14-59)28-5-9-52-10-6-28/h3-6,9-10,15-16,18-20,22-23,32H,7-8,11-14,17,21H2,1-2H3,(H,53,61)(H,56,62)/t22-,23+,32-/m0/s1. The Balaban J connectivity index is 1.06. The van der Waals surface area contributed by atoms with Gasteiger partial charge in [0.25, 0.3) is 11.8 Å². The van der Waals surface area contributed by atoms with Crippen molar-refractivity contribution in [3.05, 3.63) is 118 Å². The van der Waals surface area contributed by atoms with Crippen LogP contribution in [0.25, 0.3) is 21.5 Å². The van der Waals surface area contributed by atoms with Crippen molar-refractivity contribution in [1.82, 2.24) is 35.4 Å². The number of carbonyl (C=O) groups is 2. The number of alkyl halides is 5. The first kappa shape index (κ1) is 40.9. The second-order valence-corrected chi connectivity index (χ2v) is 17.8. The number of anilines is 2. The number of fused-ring (bicyclic) bond motifs is 4. The highest BCUT2D eigenvalue weighted by Crippen LogP contribution is 2.56. The van der Waals surface area contributed by atoms with Gasteiger partial charge in [-0.25, -0.2) is 13.8 Å². The van der Waals surface area contributed by atoms with Crippen molar-refractivity contribution in [3.8, 4) is 11.1 Å². The number of nitrogens with zero attached hydrogens (tertiary/aromatic N) is 7. The van der Waals surface area contributed by atoms with E-state index in [4.69, 9.17) is 9.97 Å². The molecule has 2 aromatic carbocycles. The molecule has 0 radical (unpaired) electrons. The summed E-state index contributed by atoms with van der Waals surface area (Å²) in [4.78, 5) is 45.7. The van der Waals surface area contributed by atoms with Crippen LogP contribution in [0.5, 0.6) is 0 Å². The zero-order chi connectivity index (χ0) is 44.2. The molecule has 1 saturated carbocycles. The maximum absolute atomic E-state index is 15.7. The van der Waals surface area contributed by atoms with Crippen LogP contribution < -0.4 is 20.4 Å². The van der Waals surface area contributed by atoms with E-state index in [1.165, 1.54) is 18.3 Å². The summed E-state index contributed by atoms with van der Waals surface area (Å²) in [5.74, 6) is -9.53.